The van der Waals surface area contributed by atoms with Crippen LogP contribution in [0.15, 0.2) is 30.1 Å². The molecule has 33 heavy (non-hydrogen) atoms. The van der Waals surface area contributed by atoms with Gasteiger partial charge in [0, 0.05) is 23.5 Å². The molecule has 11 heteroatoms. The van der Waals surface area contributed by atoms with Gasteiger partial charge in [-0.15, -0.1) is 0 Å². The number of benzene rings is 1. The molecule has 1 saturated carbocycles. The standard InChI is InChI=1S/C22H24ClFN6O3/c1-11-17(19(31)21(33)28-22(6-7-22)16(10-25)29-26)15-3-2-8-30(15)18(11)20(32)27-14-9-12(23)4-5-13(14)24/h4-5,9-10,29H,2-3,6-8,25-26H2,1H3,(H,27,32)(H,28,33)/b16-10-. The van der Waals surface area contributed by atoms with E-state index >= 15 is 0 Å². The maximum Gasteiger partial charge on any atom is 0.293 e. The summed E-state index contributed by atoms with van der Waals surface area (Å²) in [5, 5.41) is 5.51. The molecule has 2 amide bonds. The lowest BCUT2D eigenvalue weighted by atomic mass is 10.0. The Balaban J connectivity index is 1.64. The van der Waals surface area contributed by atoms with Crippen molar-refractivity contribution in [1.82, 2.24) is 15.3 Å². The number of anilines is 1. The number of aromatic nitrogens is 1. The first-order valence-corrected chi connectivity index (χ1v) is 10.8. The van der Waals surface area contributed by atoms with E-state index in [9.17, 15) is 18.8 Å². The van der Waals surface area contributed by atoms with Crippen molar-refractivity contribution >= 4 is 34.9 Å². The third kappa shape index (κ3) is 3.96. The molecule has 1 fully saturated rings. The summed E-state index contributed by atoms with van der Waals surface area (Å²) in [6.45, 7) is 2.11. The second-order valence-electron chi connectivity index (χ2n) is 8.22. The molecule has 1 aromatic carbocycles. The van der Waals surface area contributed by atoms with Gasteiger partial charge in [0.2, 0.25) is 0 Å². The Morgan fingerprint density at radius 1 is 1.27 bits per heavy atom. The van der Waals surface area contributed by atoms with Crippen LogP contribution in [-0.4, -0.2) is 27.7 Å². The van der Waals surface area contributed by atoms with E-state index < -0.39 is 29.0 Å². The van der Waals surface area contributed by atoms with Crippen LogP contribution in [0.2, 0.25) is 5.02 Å². The quantitative estimate of drug-likeness (QED) is 0.179. The first-order chi connectivity index (χ1) is 15.7. The van der Waals surface area contributed by atoms with Gasteiger partial charge in [-0.3, -0.25) is 20.2 Å². The summed E-state index contributed by atoms with van der Waals surface area (Å²) in [7, 11) is 0. The SMILES string of the molecule is Cc1c(C(=O)C(=O)NC2(/C(=C/N)NN)CC2)c2n(c1C(=O)Nc1cc(Cl)ccc1F)CCC2. The van der Waals surface area contributed by atoms with Gasteiger partial charge < -0.3 is 26.4 Å². The Labute approximate surface area is 194 Å². The molecular weight excluding hydrogens is 451 g/mol. The molecule has 0 atom stereocenters. The Hall–Kier alpha value is -3.37. The van der Waals surface area contributed by atoms with E-state index in [2.05, 4.69) is 16.1 Å². The van der Waals surface area contributed by atoms with Crippen molar-refractivity contribution in [3.05, 3.63) is 63.5 Å². The highest BCUT2D eigenvalue weighted by Crippen LogP contribution is 2.40. The molecule has 1 aliphatic carbocycles. The number of nitrogens with two attached hydrogens (primary N) is 2. The fourth-order valence-corrected chi connectivity index (χ4v) is 4.58. The molecule has 4 rings (SSSR count). The van der Waals surface area contributed by atoms with Gasteiger partial charge in [0.25, 0.3) is 17.6 Å². The second-order valence-corrected chi connectivity index (χ2v) is 8.66. The minimum Gasteiger partial charge on any atom is -0.403 e. The van der Waals surface area contributed by atoms with Crippen LogP contribution in [0.25, 0.3) is 0 Å². The highest BCUT2D eigenvalue weighted by molar-refractivity contribution is 6.44. The summed E-state index contributed by atoms with van der Waals surface area (Å²) >= 11 is 5.92. The van der Waals surface area contributed by atoms with E-state index in [4.69, 9.17) is 23.2 Å². The molecule has 174 valence electrons. The molecule has 2 aromatic rings. The van der Waals surface area contributed by atoms with Gasteiger partial charge in [0.05, 0.1) is 22.5 Å². The van der Waals surface area contributed by atoms with Crippen molar-refractivity contribution in [2.75, 3.05) is 5.32 Å². The normalized spacial score (nSPS) is 16.2. The van der Waals surface area contributed by atoms with Crippen molar-refractivity contribution in [2.45, 2.75) is 44.7 Å². The van der Waals surface area contributed by atoms with Gasteiger partial charge in [0.1, 0.15) is 11.5 Å². The minimum atomic E-state index is -0.807. The molecule has 1 aliphatic heterocycles. The van der Waals surface area contributed by atoms with Gasteiger partial charge in [-0.1, -0.05) is 11.6 Å². The van der Waals surface area contributed by atoms with Crippen molar-refractivity contribution in [1.29, 1.82) is 0 Å². The van der Waals surface area contributed by atoms with Gasteiger partial charge >= 0.3 is 0 Å². The van der Waals surface area contributed by atoms with Gasteiger partial charge in [-0.25, -0.2) is 4.39 Å². The minimum absolute atomic E-state index is 0.0721. The number of Topliss-reactive ketones (excluding diaryl/α,β-unsaturated/α-hetero) is 1. The van der Waals surface area contributed by atoms with E-state index in [1.54, 1.807) is 11.5 Å². The predicted octanol–water partition coefficient (Wildman–Crippen LogP) is 1.88. The van der Waals surface area contributed by atoms with E-state index in [1.807, 2.05) is 0 Å². The fraction of sp³-hybridized carbons (Fsp3) is 0.318. The van der Waals surface area contributed by atoms with Crippen molar-refractivity contribution in [3.8, 4) is 0 Å². The Bertz CT molecular complexity index is 1200. The number of nitrogens with one attached hydrogen (secondary N) is 3. The number of rotatable bonds is 7. The summed E-state index contributed by atoms with van der Waals surface area (Å²) in [6.07, 6.45) is 3.69. The van der Waals surface area contributed by atoms with E-state index in [0.717, 1.165) is 6.07 Å². The average Bonchev–Trinajstić information content (AvgIpc) is 3.28. The summed E-state index contributed by atoms with van der Waals surface area (Å²) < 4.78 is 15.8. The zero-order chi connectivity index (χ0) is 23.9. The highest BCUT2D eigenvalue weighted by atomic mass is 35.5. The molecule has 0 radical (unpaired) electrons. The van der Waals surface area contributed by atoms with Gasteiger partial charge in [-0.05, 0) is 56.4 Å². The highest BCUT2D eigenvalue weighted by Gasteiger charge is 2.49. The average molecular weight is 475 g/mol. The number of hydrazine groups is 1. The van der Waals surface area contributed by atoms with E-state index in [1.165, 1.54) is 18.3 Å². The number of fused-ring (bicyclic) bond motifs is 1. The largest absolute Gasteiger partial charge is 0.403 e. The molecule has 0 bridgehead atoms. The van der Waals surface area contributed by atoms with Crippen molar-refractivity contribution in [3.63, 3.8) is 0 Å². The molecule has 7 N–H and O–H groups in total. The first-order valence-electron chi connectivity index (χ1n) is 10.5. The van der Waals surface area contributed by atoms with Gasteiger partial charge in [-0.2, -0.15) is 0 Å². The lowest BCUT2D eigenvalue weighted by Gasteiger charge is -2.19. The van der Waals surface area contributed by atoms with Crippen molar-refractivity contribution < 1.29 is 18.8 Å². The maximum atomic E-state index is 14.1. The lowest BCUT2D eigenvalue weighted by Crippen LogP contribution is -2.47. The summed E-state index contributed by atoms with van der Waals surface area (Å²) in [4.78, 5) is 39.1. The summed E-state index contributed by atoms with van der Waals surface area (Å²) in [5.74, 6) is 2.70. The molecule has 1 aromatic heterocycles. The number of hydrogen-bond acceptors (Lipinski definition) is 6. The summed E-state index contributed by atoms with van der Waals surface area (Å²) in [5.41, 5.74) is 8.96. The number of hydrogen-bond donors (Lipinski definition) is 5. The first kappa shape index (κ1) is 22.8. The van der Waals surface area contributed by atoms with Crippen LogP contribution in [0.4, 0.5) is 10.1 Å². The molecule has 2 heterocycles. The third-order valence-electron chi connectivity index (χ3n) is 6.18. The smallest absolute Gasteiger partial charge is 0.293 e. The molecule has 0 spiro atoms. The molecule has 0 unspecified atom stereocenters. The van der Waals surface area contributed by atoms with Gasteiger partial charge in [0.15, 0.2) is 0 Å². The summed E-state index contributed by atoms with van der Waals surface area (Å²) in [6, 6.07) is 3.83. The van der Waals surface area contributed by atoms with Crippen LogP contribution >= 0.6 is 11.6 Å². The van der Waals surface area contributed by atoms with E-state index in [0.29, 0.717) is 49.2 Å². The molecule has 0 saturated heterocycles. The number of carbonyl (C=O) groups excluding carboxylic acids is 3. The van der Waals surface area contributed by atoms with Crippen molar-refractivity contribution in [2.24, 2.45) is 11.6 Å². The number of ketones is 1. The monoisotopic (exact) mass is 474 g/mol. The number of nitrogens with zero attached hydrogens (tertiary/aromatic N) is 1. The number of amides is 2. The van der Waals surface area contributed by atoms with Crippen LogP contribution in [0.3, 0.4) is 0 Å². The Kier molecular flexibility index (Phi) is 5.89. The van der Waals surface area contributed by atoms with Crippen LogP contribution in [-0.2, 0) is 17.8 Å². The predicted molar refractivity (Wildman–Crippen MR) is 121 cm³/mol. The maximum absolute atomic E-state index is 14.1. The number of carbonyl (C=O) groups is 3. The fourth-order valence-electron chi connectivity index (χ4n) is 4.41. The van der Waals surface area contributed by atoms with Crippen LogP contribution in [0.1, 0.15) is 51.4 Å². The molecular formula is C22H24ClFN6O3. The lowest BCUT2D eigenvalue weighted by molar-refractivity contribution is -0.117. The Morgan fingerprint density at radius 2 is 2.00 bits per heavy atom. The van der Waals surface area contributed by atoms with Crippen LogP contribution in [0.5, 0.6) is 0 Å². The zero-order valence-corrected chi connectivity index (χ0v) is 18.7. The number of halogens is 2. The second kappa shape index (κ2) is 8.53. The molecule has 2 aliphatic rings. The van der Waals surface area contributed by atoms with E-state index in [-0.39, 0.29) is 22.0 Å². The topological polar surface area (TPSA) is 144 Å². The zero-order valence-electron chi connectivity index (χ0n) is 17.9. The third-order valence-corrected chi connectivity index (χ3v) is 6.41. The van der Waals surface area contributed by atoms with Crippen LogP contribution in [0, 0.1) is 12.7 Å². The van der Waals surface area contributed by atoms with Crippen LogP contribution < -0.4 is 27.6 Å². The Morgan fingerprint density at radius 3 is 2.64 bits per heavy atom. The molecule has 9 nitrogen and oxygen atoms in total.